The van der Waals surface area contributed by atoms with E-state index >= 15 is 0 Å². The number of nitrogens with one attached hydrogen (secondary N) is 1. The highest BCUT2D eigenvalue weighted by molar-refractivity contribution is 6.31. The van der Waals surface area contributed by atoms with E-state index in [4.69, 9.17) is 21.1 Å². The molecule has 31 heavy (non-hydrogen) atoms. The van der Waals surface area contributed by atoms with Crippen LogP contribution in [0.2, 0.25) is 5.02 Å². The number of para-hydroxylation sites is 1. The average Bonchev–Trinajstić information content (AvgIpc) is 2.73. The zero-order valence-corrected chi connectivity index (χ0v) is 17.0. The molecule has 4 nitrogen and oxygen atoms in total. The molecule has 3 aromatic carbocycles. The van der Waals surface area contributed by atoms with E-state index in [0.717, 1.165) is 12.1 Å². The quantitative estimate of drug-likeness (QED) is 0.252. The number of hydrogen-bond acceptors (Lipinski definition) is 4. The lowest BCUT2D eigenvalue weighted by Gasteiger charge is -2.14. The van der Waals surface area contributed by atoms with E-state index in [0.29, 0.717) is 11.3 Å². The Balaban J connectivity index is 1.80. The zero-order valence-electron chi connectivity index (χ0n) is 16.2. The molecule has 0 aliphatic heterocycles. The van der Waals surface area contributed by atoms with E-state index in [2.05, 4.69) is 10.5 Å². The van der Waals surface area contributed by atoms with Gasteiger partial charge >= 0.3 is 6.18 Å². The molecule has 0 aliphatic carbocycles. The first-order chi connectivity index (χ1) is 14.8. The van der Waals surface area contributed by atoms with Crippen LogP contribution in [0.3, 0.4) is 0 Å². The number of anilines is 1. The van der Waals surface area contributed by atoms with Crippen molar-refractivity contribution in [3.05, 3.63) is 88.2 Å². The van der Waals surface area contributed by atoms with Gasteiger partial charge in [0.15, 0.2) is 11.5 Å². The Bertz CT molecular complexity index is 1070. The summed E-state index contributed by atoms with van der Waals surface area (Å²) >= 11 is 6.04. The van der Waals surface area contributed by atoms with Gasteiger partial charge < -0.3 is 9.47 Å². The molecule has 0 radical (unpaired) electrons. The third kappa shape index (κ3) is 5.67. The summed E-state index contributed by atoms with van der Waals surface area (Å²) in [5, 5.41) is 4.20. The third-order valence-corrected chi connectivity index (χ3v) is 4.59. The molecule has 0 bridgehead atoms. The van der Waals surface area contributed by atoms with Crippen LogP contribution in [0.15, 0.2) is 65.8 Å². The number of hydrogen-bond donors (Lipinski definition) is 1. The van der Waals surface area contributed by atoms with Crippen LogP contribution in [0, 0.1) is 5.82 Å². The molecule has 3 rings (SSSR count). The lowest BCUT2D eigenvalue weighted by Crippen LogP contribution is -2.05. The summed E-state index contributed by atoms with van der Waals surface area (Å²) in [5.41, 5.74) is 2.57. The molecule has 3 aromatic rings. The third-order valence-electron chi connectivity index (χ3n) is 4.24. The highest BCUT2D eigenvalue weighted by Gasteiger charge is 2.30. The molecule has 0 amide bonds. The first-order valence-electron chi connectivity index (χ1n) is 8.98. The van der Waals surface area contributed by atoms with E-state index in [1.54, 1.807) is 24.3 Å². The maximum Gasteiger partial charge on any atom is 0.416 e. The maximum absolute atomic E-state index is 14.0. The first kappa shape index (κ1) is 22.4. The van der Waals surface area contributed by atoms with Crippen LogP contribution in [-0.4, -0.2) is 13.3 Å². The molecule has 162 valence electrons. The summed E-state index contributed by atoms with van der Waals surface area (Å²) in [6, 6.07) is 14.0. The lowest BCUT2D eigenvalue weighted by molar-refractivity contribution is -0.137. The minimum atomic E-state index is -4.46. The van der Waals surface area contributed by atoms with Gasteiger partial charge in [0, 0.05) is 11.1 Å². The first-order valence-corrected chi connectivity index (χ1v) is 9.36. The fraction of sp³-hybridized carbons (Fsp3) is 0.136. The summed E-state index contributed by atoms with van der Waals surface area (Å²) in [6.07, 6.45) is -3.09. The maximum atomic E-state index is 14.0. The number of benzene rings is 3. The number of hydrazone groups is 1. The molecule has 9 heteroatoms. The normalized spacial score (nSPS) is 11.5. The Morgan fingerprint density at radius 1 is 1.06 bits per heavy atom. The monoisotopic (exact) mass is 452 g/mol. The molecule has 0 heterocycles. The van der Waals surface area contributed by atoms with E-state index in [1.165, 1.54) is 37.6 Å². The van der Waals surface area contributed by atoms with Gasteiger partial charge in [0.25, 0.3) is 0 Å². The SMILES string of the molecule is COc1cccc(C=NNc2cccc(C(F)(F)F)c2)c1OCc1c(F)cccc1Cl. The molecule has 0 aliphatic rings. The smallest absolute Gasteiger partial charge is 0.416 e. The topological polar surface area (TPSA) is 42.8 Å². The number of halogens is 5. The second-order valence-electron chi connectivity index (χ2n) is 6.32. The molecule has 0 spiro atoms. The molecule has 0 aromatic heterocycles. The number of ether oxygens (including phenoxy) is 2. The second-order valence-corrected chi connectivity index (χ2v) is 6.72. The van der Waals surface area contributed by atoms with Gasteiger partial charge in [-0.1, -0.05) is 29.8 Å². The van der Waals surface area contributed by atoms with Crippen molar-refractivity contribution in [3.63, 3.8) is 0 Å². The van der Waals surface area contributed by atoms with Crippen LogP contribution in [0.5, 0.6) is 11.5 Å². The van der Waals surface area contributed by atoms with Crippen LogP contribution in [0.25, 0.3) is 0 Å². The van der Waals surface area contributed by atoms with Gasteiger partial charge in [-0.25, -0.2) is 4.39 Å². The van der Waals surface area contributed by atoms with Gasteiger partial charge in [0.05, 0.1) is 29.6 Å². The van der Waals surface area contributed by atoms with Crippen molar-refractivity contribution in [1.82, 2.24) is 0 Å². The molecule has 0 fully saturated rings. The Morgan fingerprint density at radius 3 is 2.52 bits per heavy atom. The summed E-state index contributed by atoms with van der Waals surface area (Å²) in [7, 11) is 1.44. The Morgan fingerprint density at radius 2 is 1.81 bits per heavy atom. The molecule has 0 saturated carbocycles. The van der Waals surface area contributed by atoms with Crippen molar-refractivity contribution in [2.45, 2.75) is 12.8 Å². The van der Waals surface area contributed by atoms with E-state index in [-0.39, 0.29) is 28.6 Å². The lowest BCUT2D eigenvalue weighted by atomic mass is 10.2. The van der Waals surface area contributed by atoms with Crippen LogP contribution in [-0.2, 0) is 12.8 Å². The number of rotatable bonds is 7. The van der Waals surface area contributed by atoms with Crippen molar-refractivity contribution >= 4 is 23.5 Å². The van der Waals surface area contributed by atoms with Crippen molar-refractivity contribution in [1.29, 1.82) is 0 Å². The minimum Gasteiger partial charge on any atom is -0.493 e. The standard InChI is InChI=1S/C22H17ClF4N2O2/c1-30-20-10-2-5-14(21(20)31-13-17-18(23)8-4-9-19(17)24)12-28-29-16-7-3-6-15(11-16)22(25,26)27/h2-12,29H,13H2,1H3. The van der Waals surface area contributed by atoms with Crippen LogP contribution in [0.4, 0.5) is 23.2 Å². The van der Waals surface area contributed by atoms with Crippen molar-refractivity contribution in [3.8, 4) is 11.5 Å². The molecular formula is C22H17ClF4N2O2. The van der Waals surface area contributed by atoms with Gasteiger partial charge in [0.2, 0.25) is 0 Å². The Kier molecular flexibility index (Phi) is 7.02. The number of nitrogens with zero attached hydrogens (tertiary/aromatic N) is 1. The van der Waals surface area contributed by atoms with Crippen LogP contribution < -0.4 is 14.9 Å². The Labute approximate surface area is 181 Å². The summed E-state index contributed by atoms with van der Waals surface area (Å²) in [4.78, 5) is 0. The summed E-state index contributed by atoms with van der Waals surface area (Å²) < 4.78 is 63.6. The summed E-state index contributed by atoms with van der Waals surface area (Å²) in [6.45, 7) is -0.159. The fourth-order valence-electron chi connectivity index (χ4n) is 2.71. The van der Waals surface area contributed by atoms with Crippen molar-refractivity contribution < 1.29 is 27.0 Å². The van der Waals surface area contributed by atoms with Crippen LogP contribution in [0.1, 0.15) is 16.7 Å². The fourth-order valence-corrected chi connectivity index (χ4v) is 2.92. The minimum absolute atomic E-state index is 0.159. The highest BCUT2D eigenvalue weighted by Crippen LogP contribution is 2.33. The molecule has 0 atom stereocenters. The van der Waals surface area contributed by atoms with Crippen LogP contribution >= 0.6 is 11.6 Å². The Hall–Kier alpha value is -3.26. The molecule has 0 saturated heterocycles. The van der Waals surface area contributed by atoms with E-state index in [9.17, 15) is 17.6 Å². The molecular weight excluding hydrogens is 436 g/mol. The van der Waals surface area contributed by atoms with Gasteiger partial charge in [-0.05, 0) is 42.5 Å². The number of alkyl halides is 3. The van der Waals surface area contributed by atoms with E-state index in [1.807, 2.05) is 0 Å². The largest absolute Gasteiger partial charge is 0.493 e. The van der Waals surface area contributed by atoms with Gasteiger partial charge in [-0.3, -0.25) is 5.43 Å². The zero-order chi connectivity index (χ0) is 22.4. The molecule has 1 N–H and O–H groups in total. The average molecular weight is 453 g/mol. The summed E-state index contributed by atoms with van der Waals surface area (Å²) in [5.74, 6) is 0.137. The predicted molar refractivity (Wildman–Crippen MR) is 111 cm³/mol. The van der Waals surface area contributed by atoms with E-state index < -0.39 is 17.6 Å². The van der Waals surface area contributed by atoms with Crippen molar-refractivity contribution in [2.75, 3.05) is 12.5 Å². The molecule has 0 unspecified atom stereocenters. The van der Waals surface area contributed by atoms with Gasteiger partial charge in [-0.15, -0.1) is 0 Å². The predicted octanol–water partition coefficient (Wildman–Crippen LogP) is 6.53. The number of methoxy groups -OCH3 is 1. The van der Waals surface area contributed by atoms with Gasteiger partial charge in [0.1, 0.15) is 12.4 Å². The second kappa shape index (κ2) is 9.70. The van der Waals surface area contributed by atoms with Gasteiger partial charge in [-0.2, -0.15) is 18.3 Å². The highest BCUT2D eigenvalue weighted by atomic mass is 35.5. The van der Waals surface area contributed by atoms with Crippen molar-refractivity contribution in [2.24, 2.45) is 5.10 Å².